The van der Waals surface area contributed by atoms with Gasteiger partial charge in [0.25, 0.3) is 10.0 Å². The number of sulfonamides is 1. The molecule has 0 atom stereocenters. The van der Waals surface area contributed by atoms with Crippen LogP contribution in [-0.2, 0) is 16.4 Å². The molecule has 0 radical (unpaired) electrons. The second-order valence-corrected chi connectivity index (χ2v) is 9.02. The molecule has 4 aromatic rings. The number of hydrogen-bond donors (Lipinski definition) is 1. The van der Waals surface area contributed by atoms with Crippen LogP contribution in [0.25, 0.3) is 10.8 Å². The topological polar surface area (TPSA) is 58.5 Å². The summed E-state index contributed by atoms with van der Waals surface area (Å²) in [5.41, 5.74) is 4.71. The second kappa shape index (κ2) is 7.43. The monoisotopic (exact) mass is 412 g/mol. The molecule has 0 spiro atoms. The highest BCUT2D eigenvalue weighted by molar-refractivity contribution is 7.92. The number of anilines is 1. The molecule has 0 aliphatic carbocycles. The van der Waals surface area contributed by atoms with E-state index in [0.717, 1.165) is 40.6 Å². The maximum atomic E-state index is 13.0. The molecule has 1 aliphatic rings. The smallest absolute Gasteiger partial charge is 0.261 e. The first-order valence-corrected chi connectivity index (χ1v) is 11.3. The molecular formula is C25H20N2O2S. The Bertz CT molecular complexity index is 1390. The first-order chi connectivity index (χ1) is 14.6. The average Bonchev–Trinajstić information content (AvgIpc) is 2.78. The number of nitrogens with zero attached hydrogens (tertiary/aromatic N) is 1. The maximum absolute atomic E-state index is 13.0. The van der Waals surface area contributed by atoms with Gasteiger partial charge in [-0.2, -0.15) is 0 Å². The van der Waals surface area contributed by atoms with Gasteiger partial charge in [-0.05, 0) is 47.0 Å². The van der Waals surface area contributed by atoms with Crippen molar-refractivity contribution in [3.8, 4) is 0 Å². The van der Waals surface area contributed by atoms with Crippen molar-refractivity contribution in [2.75, 3.05) is 11.3 Å². The normalized spacial score (nSPS) is 13.5. The molecule has 1 heterocycles. The molecular weight excluding hydrogens is 392 g/mol. The van der Waals surface area contributed by atoms with Crippen molar-refractivity contribution in [3.05, 3.63) is 108 Å². The van der Waals surface area contributed by atoms with Gasteiger partial charge in [0.05, 0.1) is 10.6 Å². The molecule has 0 unspecified atom stereocenters. The van der Waals surface area contributed by atoms with Gasteiger partial charge >= 0.3 is 0 Å². The van der Waals surface area contributed by atoms with Crippen LogP contribution in [0, 0.1) is 0 Å². The Kier molecular flexibility index (Phi) is 4.60. The van der Waals surface area contributed by atoms with Crippen molar-refractivity contribution in [1.82, 2.24) is 0 Å². The highest BCUT2D eigenvalue weighted by atomic mass is 32.2. The van der Waals surface area contributed by atoms with Gasteiger partial charge < -0.3 is 0 Å². The summed E-state index contributed by atoms with van der Waals surface area (Å²) in [6.07, 6.45) is 0.925. The third-order valence-corrected chi connectivity index (χ3v) is 6.72. The minimum atomic E-state index is -3.70. The van der Waals surface area contributed by atoms with Crippen LogP contribution in [0.5, 0.6) is 0 Å². The fourth-order valence-corrected chi connectivity index (χ4v) is 4.95. The van der Waals surface area contributed by atoms with Crippen molar-refractivity contribution in [3.63, 3.8) is 0 Å². The molecule has 1 N–H and O–H groups in total. The number of nitrogens with one attached hydrogen (secondary N) is 1. The first-order valence-electron chi connectivity index (χ1n) is 9.85. The predicted molar refractivity (Wildman–Crippen MR) is 122 cm³/mol. The molecule has 4 aromatic carbocycles. The van der Waals surface area contributed by atoms with E-state index >= 15 is 0 Å². The SMILES string of the molecule is O=S(=O)(Nc1cccc(C2=NCCc3ccccc32)c1)c1ccc2ccccc2c1. The number of fused-ring (bicyclic) bond motifs is 2. The van der Waals surface area contributed by atoms with Gasteiger partial charge in [-0.1, -0.05) is 66.7 Å². The number of hydrogen-bond acceptors (Lipinski definition) is 3. The minimum Gasteiger partial charge on any atom is -0.284 e. The van der Waals surface area contributed by atoms with E-state index < -0.39 is 10.0 Å². The van der Waals surface area contributed by atoms with Crippen molar-refractivity contribution in [2.45, 2.75) is 11.3 Å². The van der Waals surface area contributed by atoms with E-state index in [9.17, 15) is 8.42 Å². The zero-order chi connectivity index (χ0) is 20.6. The average molecular weight is 413 g/mol. The maximum Gasteiger partial charge on any atom is 0.261 e. The number of rotatable bonds is 4. The van der Waals surface area contributed by atoms with E-state index in [1.165, 1.54) is 5.56 Å². The van der Waals surface area contributed by atoms with E-state index in [1.807, 2.05) is 60.7 Å². The minimum absolute atomic E-state index is 0.243. The second-order valence-electron chi connectivity index (χ2n) is 7.33. The standard InChI is InChI=1S/C25H20N2O2S/c28-30(29,23-13-12-18-6-1-2-8-20(18)17-23)27-22-10-5-9-21(16-22)25-24-11-4-3-7-19(24)14-15-26-25/h1-13,16-17,27H,14-15H2. The largest absolute Gasteiger partial charge is 0.284 e. The predicted octanol–water partition coefficient (Wildman–Crippen LogP) is 5.03. The Morgan fingerprint density at radius 1 is 0.767 bits per heavy atom. The van der Waals surface area contributed by atoms with Gasteiger partial charge in [0.1, 0.15) is 0 Å². The molecule has 0 amide bonds. The van der Waals surface area contributed by atoms with E-state index in [4.69, 9.17) is 4.99 Å². The molecule has 5 rings (SSSR count). The van der Waals surface area contributed by atoms with Gasteiger partial charge in [-0.25, -0.2) is 8.42 Å². The van der Waals surface area contributed by atoms with Crippen LogP contribution >= 0.6 is 0 Å². The molecule has 148 valence electrons. The summed E-state index contributed by atoms with van der Waals surface area (Å²) >= 11 is 0. The van der Waals surface area contributed by atoms with E-state index in [-0.39, 0.29) is 4.90 Å². The van der Waals surface area contributed by atoms with E-state index in [2.05, 4.69) is 16.9 Å². The number of aliphatic imine (C=N–C) groups is 1. The lowest BCUT2D eigenvalue weighted by Crippen LogP contribution is -2.16. The summed E-state index contributed by atoms with van der Waals surface area (Å²) < 4.78 is 28.7. The van der Waals surface area contributed by atoms with Crippen LogP contribution < -0.4 is 4.72 Å². The van der Waals surface area contributed by atoms with Crippen LogP contribution in [-0.4, -0.2) is 20.7 Å². The Morgan fingerprint density at radius 3 is 2.47 bits per heavy atom. The van der Waals surface area contributed by atoms with Gasteiger partial charge in [0.15, 0.2) is 0 Å². The molecule has 0 aromatic heterocycles. The highest BCUT2D eigenvalue weighted by Crippen LogP contribution is 2.25. The van der Waals surface area contributed by atoms with Crippen LogP contribution in [0.3, 0.4) is 0 Å². The van der Waals surface area contributed by atoms with E-state index in [0.29, 0.717) is 5.69 Å². The van der Waals surface area contributed by atoms with E-state index in [1.54, 1.807) is 18.2 Å². The molecule has 4 nitrogen and oxygen atoms in total. The van der Waals surface area contributed by atoms with Gasteiger partial charge in [0, 0.05) is 23.4 Å². The van der Waals surface area contributed by atoms with Crippen molar-refractivity contribution in [1.29, 1.82) is 0 Å². The first kappa shape index (κ1) is 18.6. The molecule has 5 heteroatoms. The third-order valence-electron chi connectivity index (χ3n) is 5.34. The lowest BCUT2D eigenvalue weighted by Gasteiger charge is -2.17. The molecule has 0 saturated carbocycles. The quantitative estimate of drug-likeness (QED) is 0.511. The fraction of sp³-hybridized carbons (Fsp3) is 0.0800. The summed E-state index contributed by atoms with van der Waals surface area (Å²) in [6.45, 7) is 0.736. The summed E-state index contributed by atoms with van der Waals surface area (Å²) in [4.78, 5) is 4.95. The van der Waals surface area contributed by atoms with Crippen LogP contribution in [0.4, 0.5) is 5.69 Å². The van der Waals surface area contributed by atoms with Crippen LogP contribution in [0.1, 0.15) is 16.7 Å². The molecule has 1 aliphatic heterocycles. The summed E-state index contributed by atoms with van der Waals surface area (Å²) in [5.74, 6) is 0. The molecule has 0 bridgehead atoms. The summed E-state index contributed by atoms with van der Waals surface area (Å²) in [5, 5.41) is 1.90. The van der Waals surface area contributed by atoms with Crippen LogP contribution in [0.15, 0.2) is 101 Å². The molecule has 0 fully saturated rings. The number of benzene rings is 4. The lowest BCUT2D eigenvalue weighted by atomic mass is 9.93. The van der Waals surface area contributed by atoms with Gasteiger partial charge in [0.2, 0.25) is 0 Å². The molecule has 30 heavy (non-hydrogen) atoms. The van der Waals surface area contributed by atoms with Crippen molar-refractivity contribution < 1.29 is 8.42 Å². The Balaban J connectivity index is 1.48. The zero-order valence-corrected chi connectivity index (χ0v) is 17.1. The lowest BCUT2D eigenvalue weighted by molar-refractivity contribution is 0.601. The Morgan fingerprint density at radius 2 is 1.57 bits per heavy atom. The zero-order valence-electron chi connectivity index (χ0n) is 16.2. The summed E-state index contributed by atoms with van der Waals surface area (Å²) in [6, 6.07) is 28.5. The summed E-state index contributed by atoms with van der Waals surface area (Å²) in [7, 11) is -3.70. The van der Waals surface area contributed by atoms with Gasteiger partial charge in [-0.3, -0.25) is 9.71 Å². The van der Waals surface area contributed by atoms with Crippen LogP contribution in [0.2, 0.25) is 0 Å². The molecule has 0 saturated heterocycles. The van der Waals surface area contributed by atoms with Gasteiger partial charge in [-0.15, -0.1) is 0 Å². The Labute approximate surface area is 176 Å². The Hall–Kier alpha value is -3.44. The van der Waals surface area contributed by atoms with Crippen molar-refractivity contribution in [2.24, 2.45) is 4.99 Å². The highest BCUT2D eigenvalue weighted by Gasteiger charge is 2.18. The van der Waals surface area contributed by atoms with Crippen molar-refractivity contribution >= 4 is 32.2 Å². The fourth-order valence-electron chi connectivity index (χ4n) is 3.87. The third kappa shape index (κ3) is 3.48.